The zero-order valence-electron chi connectivity index (χ0n) is 17.5. The fourth-order valence-corrected chi connectivity index (χ4v) is 5.29. The molecule has 30 heavy (non-hydrogen) atoms. The van der Waals surface area contributed by atoms with Crippen LogP contribution >= 0.6 is 0 Å². The lowest BCUT2D eigenvalue weighted by Crippen LogP contribution is -2.48. The summed E-state index contributed by atoms with van der Waals surface area (Å²) < 4.78 is 11.6. The maximum Gasteiger partial charge on any atom is 0.260 e. The zero-order chi connectivity index (χ0) is 20.7. The van der Waals surface area contributed by atoms with Crippen molar-refractivity contribution in [3.8, 4) is 5.75 Å². The number of methoxy groups -OCH3 is 1. The largest absolute Gasteiger partial charge is 0.472 e. The van der Waals surface area contributed by atoms with Gasteiger partial charge in [0.2, 0.25) is 0 Å². The van der Waals surface area contributed by atoms with Gasteiger partial charge in [-0.05, 0) is 49.1 Å². The normalized spacial score (nSPS) is 25.5. The average molecular weight is 411 g/mol. The molecule has 2 aliphatic heterocycles. The number of hydrogen-bond donors (Lipinski definition) is 1. The van der Waals surface area contributed by atoms with Gasteiger partial charge in [-0.1, -0.05) is 24.3 Å². The first kappa shape index (κ1) is 19.8. The Kier molecular flexibility index (Phi) is 5.39. The summed E-state index contributed by atoms with van der Waals surface area (Å²) in [6, 6.07) is 10.1. The Morgan fingerprint density at radius 2 is 1.90 bits per heavy atom. The molecule has 6 heteroatoms. The maximum atomic E-state index is 13.4. The molecule has 0 spiro atoms. The van der Waals surface area contributed by atoms with E-state index in [0.717, 1.165) is 68.1 Å². The van der Waals surface area contributed by atoms with Crippen LogP contribution < -0.4 is 4.74 Å². The Balaban J connectivity index is 1.48. The molecule has 2 fully saturated rings. The molecule has 1 aliphatic carbocycles. The average Bonchev–Trinajstić information content (AvgIpc) is 3.20. The molecular formula is C24H30N2O4. The van der Waals surface area contributed by atoms with Gasteiger partial charge in [0.1, 0.15) is 5.75 Å². The summed E-state index contributed by atoms with van der Waals surface area (Å²) in [4.78, 5) is 17.6. The van der Waals surface area contributed by atoms with Crippen LogP contribution in [0, 0.1) is 0 Å². The van der Waals surface area contributed by atoms with Crippen LogP contribution in [-0.2, 0) is 11.3 Å². The molecule has 5 rings (SSSR count). The molecule has 6 nitrogen and oxygen atoms in total. The van der Waals surface area contributed by atoms with Gasteiger partial charge in [-0.15, -0.1) is 0 Å². The summed E-state index contributed by atoms with van der Waals surface area (Å²) in [6.07, 6.45) is 4.50. The van der Waals surface area contributed by atoms with Crippen molar-refractivity contribution in [1.82, 2.24) is 9.80 Å². The number of hydrogen-bond acceptors (Lipinski definition) is 5. The van der Waals surface area contributed by atoms with E-state index in [0.29, 0.717) is 17.4 Å². The van der Waals surface area contributed by atoms with Gasteiger partial charge in [0.15, 0.2) is 6.73 Å². The van der Waals surface area contributed by atoms with E-state index in [1.54, 1.807) is 12.0 Å². The van der Waals surface area contributed by atoms with Crippen molar-refractivity contribution in [2.45, 2.75) is 56.9 Å². The minimum Gasteiger partial charge on any atom is -0.472 e. The van der Waals surface area contributed by atoms with Crippen LogP contribution in [0.4, 0.5) is 0 Å². The van der Waals surface area contributed by atoms with Crippen molar-refractivity contribution in [2.75, 3.05) is 26.9 Å². The van der Waals surface area contributed by atoms with Gasteiger partial charge in [0.05, 0.1) is 23.8 Å². The van der Waals surface area contributed by atoms with Crippen LogP contribution in [0.1, 0.15) is 48.0 Å². The number of rotatable bonds is 4. The van der Waals surface area contributed by atoms with Gasteiger partial charge in [-0.2, -0.15) is 0 Å². The van der Waals surface area contributed by atoms with E-state index >= 15 is 0 Å². The number of fused-ring (bicyclic) bond motifs is 3. The molecule has 3 aliphatic rings. The van der Waals surface area contributed by atoms with Gasteiger partial charge in [-0.25, -0.2) is 0 Å². The SMILES string of the molecule is COC1CCN(Cc2cc3c(c4ccccc24)OCN(C2CCC[C@@H]2O)C3=O)CC1. The molecule has 0 radical (unpaired) electrons. The predicted molar refractivity (Wildman–Crippen MR) is 115 cm³/mol. The third-order valence-electron chi connectivity index (χ3n) is 7.03. The first-order valence-corrected chi connectivity index (χ1v) is 11.1. The number of carbonyl (C=O) groups excluding carboxylic acids is 1. The quantitative estimate of drug-likeness (QED) is 0.839. The summed E-state index contributed by atoms with van der Waals surface area (Å²) >= 11 is 0. The summed E-state index contributed by atoms with van der Waals surface area (Å²) in [6.45, 7) is 3.01. The van der Waals surface area contributed by atoms with Crippen molar-refractivity contribution in [3.63, 3.8) is 0 Å². The number of aliphatic hydroxyl groups is 1. The first-order valence-electron chi connectivity index (χ1n) is 11.1. The number of amides is 1. The summed E-state index contributed by atoms with van der Waals surface area (Å²) in [7, 11) is 1.79. The van der Waals surface area contributed by atoms with E-state index < -0.39 is 6.10 Å². The fourth-order valence-electron chi connectivity index (χ4n) is 5.29. The highest BCUT2D eigenvalue weighted by atomic mass is 16.5. The molecule has 1 amide bonds. The lowest BCUT2D eigenvalue weighted by atomic mass is 9.96. The molecule has 1 unspecified atom stereocenters. The van der Waals surface area contributed by atoms with Crippen molar-refractivity contribution >= 4 is 16.7 Å². The topological polar surface area (TPSA) is 62.2 Å². The van der Waals surface area contributed by atoms with Crippen LogP contribution in [-0.4, -0.2) is 66.0 Å². The number of likely N-dealkylation sites (tertiary alicyclic amines) is 1. The van der Waals surface area contributed by atoms with Crippen molar-refractivity contribution in [2.24, 2.45) is 0 Å². The minimum atomic E-state index is -0.457. The molecule has 0 aromatic heterocycles. The summed E-state index contributed by atoms with van der Waals surface area (Å²) in [5, 5.41) is 12.5. The van der Waals surface area contributed by atoms with Gasteiger partial charge >= 0.3 is 0 Å². The van der Waals surface area contributed by atoms with Gasteiger partial charge < -0.3 is 14.6 Å². The maximum absolute atomic E-state index is 13.4. The molecule has 1 saturated carbocycles. The van der Waals surface area contributed by atoms with Gasteiger partial charge in [-0.3, -0.25) is 14.6 Å². The number of carbonyl (C=O) groups is 1. The smallest absolute Gasteiger partial charge is 0.260 e. The Morgan fingerprint density at radius 1 is 1.13 bits per heavy atom. The van der Waals surface area contributed by atoms with Crippen LogP contribution in [0.3, 0.4) is 0 Å². The van der Waals surface area contributed by atoms with Crippen molar-refractivity contribution in [1.29, 1.82) is 0 Å². The summed E-state index contributed by atoms with van der Waals surface area (Å²) in [5.74, 6) is 0.661. The molecule has 160 valence electrons. The Morgan fingerprint density at radius 3 is 2.60 bits per heavy atom. The van der Waals surface area contributed by atoms with E-state index in [9.17, 15) is 9.90 Å². The molecule has 2 atom stereocenters. The van der Waals surface area contributed by atoms with Crippen LogP contribution in [0.25, 0.3) is 10.8 Å². The molecule has 1 saturated heterocycles. The second-order valence-electron chi connectivity index (χ2n) is 8.78. The molecule has 1 N–H and O–H groups in total. The van der Waals surface area contributed by atoms with E-state index in [4.69, 9.17) is 9.47 Å². The number of ether oxygens (including phenoxy) is 2. The molecular weight excluding hydrogens is 380 g/mol. The zero-order valence-corrected chi connectivity index (χ0v) is 17.5. The standard InChI is InChI=1S/C24H30N2O4/c1-29-17-9-11-25(12-10-17)14-16-13-20-23(19-6-3-2-5-18(16)19)30-15-26(24(20)28)21-7-4-8-22(21)27/h2-3,5-6,13,17,21-22,27H,4,7-12,14-15H2,1H3/t21?,22-/m0/s1. The number of benzene rings is 2. The summed E-state index contributed by atoms with van der Waals surface area (Å²) in [5.41, 5.74) is 1.78. The predicted octanol–water partition coefficient (Wildman–Crippen LogP) is 3.16. The third-order valence-corrected chi connectivity index (χ3v) is 7.03. The molecule has 2 heterocycles. The first-order chi connectivity index (χ1) is 14.7. The van der Waals surface area contributed by atoms with E-state index in [1.165, 1.54) is 0 Å². The highest BCUT2D eigenvalue weighted by molar-refractivity contribution is 6.06. The van der Waals surface area contributed by atoms with Gasteiger partial charge in [0.25, 0.3) is 5.91 Å². The number of piperidine rings is 1. The lowest BCUT2D eigenvalue weighted by Gasteiger charge is -2.36. The van der Waals surface area contributed by atoms with E-state index in [1.807, 2.05) is 24.3 Å². The Bertz CT molecular complexity index is 938. The number of aliphatic hydroxyl groups excluding tert-OH is 1. The monoisotopic (exact) mass is 410 g/mol. The second kappa shape index (κ2) is 8.17. The highest BCUT2D eigenvalue weighted by Crippen LogP contribution is 2.38. The Hall–Kier alpha value is -2.15. The lowest BCUT2D eigenvalue weighted by molar-refractivity contribution is 0.0132. The van der Waals surface area contributed by atoms with Crippen LogP contribution in [0.15, 0.2) is 30.3 Å². The number of nitrogens with zero attached hydrogens (tertiary/aromatic N) is 2. The highest BCUT2D eigenvalue weighted by Gasteiger charge is 2.38. The van der Waals surface area contributed by atoms with Crippen molar-refractivity contribution in [3.05, 3.63) is 41.5 Å². The van der Waals surface area contributed by atoms with E-state index in [2.05, 4.69) is 11.0 Å². The third kappa shape index (κ3) is 3.47. The van der Waals surface area contributed by atoms with Crippen molar-refractivity contribution < 1.29 is 19.4 Å². The fraction of sp³-hybridized carbons (Fsp3) is 0.542. The van der Waals surface area contributed by atoms with E-state index in [-0.39, 0.29) is 18.7 Å². The molecule has 2 aromatic rings. The van der Waals surface area contributed by atoms with Crippen LogP contribution in [0.5, 0.6) is 5.75 Å². The molecule has 0 bridgehead atoms. The van der Waals surface area contributed by atoms with Gasteiger partial charge in [0, 0.05) is 32.1 Å². The second-order valence-corrected chi connectivity index (χ2v) is 8.78. The molecule has 2 aromatic carbocycles. The van der Waals surface area contributed by atoms with Crippen LogP contribution in [0.2, 0.25) is 0 Å². The minimum absolute atomic E-state index is 0.0210. The Labute approximate surface area is 177 Å².